The number of carbonyl (C=O) groups excluding carboxylic acids is 2. The summed E-state index contributed by atoms with van der Waals surface area (Å²) in [5.41, 5.74) is 1.59. The predicted octanol–water partition coefficient (Wildman–Crippen LogP) is 4.97. The summed E-state index contributed by atoms with van der Waals surface area (Å²) in [5, 5.41) is 4.88. The lowest BCUT2D eigenvalue weighted by Gasteiger charge is -2.19. The zero-order chi connectivity index (χ0) is 20.8. The second kappa shape index (κ2) is 9.24. The fourth-order valence-corrected chi connectivity index (χ4v) is 3.29. The van der Waals surface area contributed by atoms with E-state index in [2.05, 4.69) is 5.32 Å². The van der Waals surface area contributed by atoms with Crippen molar-refractivity contribution >= 4 is 28.3 Å². The van der Waals surface area contributed by atoms with Crippen LogP contribution in [0.5, 0.6) is 5.75 Å². The second-order valence-corrected chi connectivity index (χ2v) is 6.64. The summed E-state index contributed by atoms with van der Waals surface area (Å²) >= 11 is 0. The van der Waals surface area contributed by atoms with Crippen LogP contribution in [0.1, 0.15) is 41.5 Å². The molecule has 3 aromatic carbocycles. The maximum absolute atomic E-state index is 13.0. The van der Waals surface area contributed by atoms with Gasteiger partial charge in [0.15, 0.2) is 0 Å². The van der Waals surface area contributed by atoms with E-state index >= 15 is 0 Å². The maximum atomic E-state index is 13.0. The number of nitrogens with zero attached hydrogens (tertiary/aromatic N) is 1. The van der Waals surface area contributed by atoms with Crippen molar-refractivity contribution in [3.63, 3.8) is 0 Å². The molecule has 0 heterocycles. The molecule has 3 rings (SSSR count). The summed E-state index contributed by atoms with van der Waals surface area (Å²) in [6, 6.07) is 18.6. The van der Waals surface area contributed by atoms with E-state index in [4.69, 9.17) is 4.74 Å². The van der Waals surface area contributed by atoms with Gasteiger partial charge in [-0.2, -0.15) is 0 Å². The second-order valence-electron chi connectivity index (χ2n) is 6.64. The minimum absolute atomic E-state index is 0.0493. The molecule has 0 unspecified atom stereocenters. The van der Waals surface area contributed by atoms with E-state index in [0.29, 0.717) is 42.3 Å². The molecule has 5 nitrogen and oxygen atoms in total. The lowest BCUT2D eigenvalue weighted by molar-refractivity contribution is 0.0772. The van der Waals surface area contributed by atoms with E-state index in [9.17, 15) is 9.59 Å². The highest BCUT2D eigenvalue weighted by molar-refractivity contribution is 6.09. The Bertz CT molecular complexity index is 1030. The van der Waals surface area contributed by atoms with Crippen LogP contribution in [0.4, 0.5) is 5.69 Å². The van der Waals surface area contributed by atoms with Gasteiger partial charge >= 0.3 is 0 Å². The third kappa shape index (κ3) is 4.57. The van der Waals surface area contributed by atoms with Gasteiger partial charge in [-0.05, 0) is 61.9 Å². The van der Waals surface area contributed by atoms with E-state index in [1.165, 1.54) is 0 Å². The van der Waals surface area contributed by atoms with Crippen molar-refractivity contribution in [1.82, 2.24) is 4.90 Å². The monoisotopic (exact) mass is 390 g/mol. The van der Waals surface area contributed by atoms with Gasteiger partial charge in [0.25, 0.3) is 11.8 Å². The van der Waals surface area contributed by atoms with Gasteiger partial charge in [-0.25, -0.2) is 0 Å². The average Bonchev–Trinajstić information content (AvgIpc) is 2.74. The topological polar surface area (TPSA) is 58.6 Å². The van der Waals surface area contributed by atoms with Crippen molar-refractivity contribution in [2.24, 2.45) is 0 Å². The van der Waals surface area contributed by atoms with Crippen LogP contribution >= 0.6 is 0 Å². The largest absolute Gasteiger partial charge is 0.493 e. The summed E-state index contributed by atoms with van der Waals surface area (Å²) in [6.45, 7) is 7.52. The van der Waals surface area contributed by atoms with Gasteiger partial charge in [0.2, 0.25) is 0 Å². The van der Waals surface area contributed by atoms with Gasteiger partial charge in [0.1, 0.15) is 5.75 Å². The van der Waals surface area contributed by atoms with E-state index < -0.39 is 0 Å². The molecule has 5 heteroatoms. The Labute approximate surface area is 171 Å². The molecule has 150 valence electrons. The first-order chi connectivity index (χ1) is 14.1. The number of fused-ring (bicyclic) bond motifs is 1. The SMILES string of the molecule is CCOc1cc2ccccc2cc1C(=O)Nc1cccc(C(=O)N(CC)CC)c1. The Hall–Kier alpha value is -3.34. The molecule has 0 radical (unpaired) electrons. The maximum Gasteiger partial charge on any atom is 0.259 e. The number of anilines is 1. The van der Waals surface area contributed by atoms with Crippen LogP contribution in [0, 0.1) is 0 Å². The molecule has 0 saturated carbocycles. The minimum atomic E-state index is -0.272. The molecule has 0 saturated heterocycles. The fourth-order valence-electron chi connectivity index (χ4n) is 3.29. The summed E-state index contributed by atoms with van der Waals surface area (Å²) in [4.78, 5) is 27.3. The van der Waals surface area contributed by atoms with Crippen molar-refractivity contribution in [1.29, 1.82) is 0 Å². The Morgan fingerprint density at radius 2 is 1.59 bits per heavy atom. The zero-order valence-electron chi connectivity index (χ0n) is 17.1. The Morgan fingerprint density at radius 3 is 2.24 bits per heavy atom. The number of ether oxygens (including phenoxy) is 1. The lowest BCUT2D eigenvalue weighted by atomic mass is 10.0. The first-order valence-corrected chi connectivity index (χ1v) is 9.93. The third-order valence-electron chi connectivity index (χ3n) is 4.81. The normalized spacial score (nSPS) is 10.6. The van der Waals surface area contributed by atoms with E-state index in [1.807, 2.05) is 57.2 Å². The van der Waals surface area contributed by atoms with Gasteiger partial charge in [0.05, 0.1) is 12.2 Å². The quantitative estimate of drug-likeness (QED) is 0.619. The highest BCUT2D eigenvalue weighted by Gasteiger charge is 2.16. The molecule has 0 aliphatic carbocycles. The molecule has 1 N–H and O–H groups in total. The number of rotatable bonds is 7. The Kier molecular flexibility index (Phi) is 6.50. The standard InChI is InChI=1S/C24H26N2O3/c1-4-26(5-2)24(28)19-12-9-13-20(14-19)25-23(27)21-15-17-10-7-8-11-18(17)16-22(21)29-6-3/h7-16H,4-6H2,1-3H3,(H,25,27). The summed E-state index contributed by atoms with van der Waals surface area (Å²) in [7, 11) is 0. The Morgan fingerprint density at radius 1 is 0.897 bits per heavy atom. The number of benzene rings is 3. The van der Waals surface area contributed by atoms with E-state index in [-0.39, 0.29) is 11.8 Å². The molecule has 0 aliphatic rings. The minimum Gasteiger partial charge on any atom is -0.493 e. The van der Waals surface area contributed by atoms with Gasteiger partial charge in [-0.15, -0.1) is 0 Å². The molecule has 0 bridgehead atoms. The summed E-state index contributed by atoms with van der Waals surface area (Å²) in [5.74, 6) is 0.220. The van der Waals surface area contributed by atoms with Crippen LogP contribution in [0.2, 0.25) is 0 Å². The molecule has 0 atom stereocenters. The van der Waals surface area contributed by atoms with E-state index in [0.717, 1.165) is 10.8 Å². The number of nitrogens with one attached hydrogen (secondary N) is 1. The highest BCUT2D eigenvalue weighted by Crippen LogP contribution is 2.27. The zero-order valence-corrected chi connectivity index (χ0v) is 17.1. The number of carbonyl (C=O) groups is 2. The molecule has 0 aliphatic heterocycles. The number of amides is 2. The van der Waals surface area contributed by atoms with Gasteiger partial charge < -0.3 is 15.0 Å². The van der Waals surface area contributed by atoms with Crippen LogP contribution in [0.25, 0.3) is 10.8 Å². The van der Waals surface area contributed by atoms with Crippen LogP contribution in [-0.4, -0.2) is 36.4 Å². The van der Waals surface area contributed by atoms with Crippen LogP contribution in [0.3, 0.4) is 0 Å². The van der Waals surface area contributed by atoms with Gasteiger partial charge in [0, 0.05) is 24.3 Å². The average molecular weight is 390 g/mol. The molecule has 0 spiro atoms. The number of hydrogen-bond acceptors (Lipinski definition) is 3. The van der Waals surface area contributed by atoms with Crippen molar-refractivity contribution in [3.8, 4) is 5.75 Å². The van der Waals surface area contributed by atoms with Crippen molar-refractivity contribution in [2.45, 2.75) is 20.8 Å². The van der Waals surface area contributed by atoms with Crippen LogP contribution < -0.4 is 10.1 Å². The van der Waals surface area contributed by atoms with Crippen LogP contribution in [-0.2, 0) is 0 Å². The first kappa shape index (κ1) is 20.4. The van der Waals surface area contributed by atoms with Gasteiger partial charge in [-0.3, -0.25) is 9.59 Å². The fraction of sp³-hybridized carbons (Fsp3) is 0.250. The van der Waals surface area contributed by atoms with Crippen molar-refractivity contribution in [3.05, 3.63) is 71.8 Å². The third-order valence-corrected chi connectivity index (χ3v) is 4.81. The summed E-state index contributed by atoms with van der Waals surface area (Å²) < 4.78 is 5.70. The smallest absolute Gasteiger partial charge is 0.259 e. The molecular formula is C24H26N2O3. The van der Waals surface area contributed by atoms with Crippen molar-refractivity contribution < 1.29 is 14.3 Å². The first-order valence-electron chi connectivity index (χ1n) is 9.93. The van der Waals surface area contributed by atoms with Crippen molar-refractivity contribution in [2.75, 3.05) is 25.0 Å². The molecule has 29 heavy (non-hydrogen) atoms. The number of hydrogen-bond donors (Lipinski definition) is 1. The van der Waals surface area contributed by atoms with E-state index in [1.54, 1.807) is 29.2 Å². The lowest BCUT2D eigenvalue weighted by Crippen LogP contribution is -2.30. The molecule has 0 aromatic heterocycles. The molecular weight excluding hydrogens is 364 g/mol. The summed E-state index contributed by atoms with van der Waals surface area (Å²) in [6.07, 6.45) is 0. The molecule has 2 amide bonds. The molecule has 3 aromatic rings. The van der Waals surface area contributed by atoms with Crippen LogP contribution in [0.15, 0.2) is 60.7 Å². The highest BCUT2D eigenvalue weighted by atomic mass is 16.5. The predicted molar refractivity (Wildman–Crippen MR) is 117 cm³/mol. The van der Waals surface area contributed by atoms with Gasteiger partial charge in [-0.1, -0.05) is 30.3 Å². The Balaban J connectivity index is 1.89. The molecule has 0 fully saturated rings.